The van der Waals surface area contributed by atoms with Crippen molar-refractivity contribution in [1.82, 2.24) is 10.6 Å². The fraction of sp³-hybridized carbons (Fsp3) is 0.429. The highest BCUT2D eigenvalue weighted by atomic mass is 16.2. The normalized spacial score (nSPS) is 9.83. The van der Waals surface area contributed by atoms with Crippen molar-refractivity contribution in [3.05, 3.63) is 35.9 Å². The Morgan fingerprint density at radius 3 is 2.44 bits per heavy atom. The van der Waals surface area contributed by atoms with Gasteiger partial charge >= 0.3 is 0 Å². The zero-order valence-corrected chi connectivity index (χ0v) is 10.7. The lowest BCUT2D eigenvalue weighted by Crippen LogP contribution is -2.37. The first kappa shape index (κ1) is 14.2. The van der Waals surface area contributed by atoms with Crippen LogP contribution in [0.2, 0.25) is 0 Å². The lowest BCUT2D eigenvalue weighted by Gasteiger charge is -2.06. The minimum Gasteiger partial charge on any atom is -0.355 e. The predicted octanol–water partition coefficient (Wildman–Crippen LogP) is 1.26. The highest BCUT2D eigenvalue weighted by Crippen LogP contribution is 2.01. The van der Waals surface area contributed by atoms with E-state index in [1.165, 1.54) is 5.56 Å². The first-order valence-corrected chi connectivity index (χ1v) is 6.29. The standard InChI is InChI=1S/C14H20N2O2/c1-2-13(17)16-11-14(18)15-10-6-9-12-7-4-3-5-8-12/h3-5,7-8H,2,6,9-11H2,1H3,(H,15,18)(H,16,17). The van der Waals surface area contributed by atoms with Gasteiger partial charge in [0, 0.05) is 13.0 Å². The van der Waals surface area contributed by atoms with Crippen LogP contribution in [-0.4, -0.2) is 24.9 Å². The maximum absolute atomic E-state index is 11.3. The number of amides is 2. The summed E-state index contributed by atoms with van der Waals surface area (Å²) in [6.07, 6.45) is 2.25. The van der Waals surface area contributed by atoms with Crippen LogP contribution in [0.3, 0.4) is 0 Å². The van der Waals surface area contributed by atoms with E-state index in [1.54, 1.807) is 6.92 Å². The van der Waals surface area contributed by atoms with Crippen LogP contribution in [-0.2, 0) is 16.0 Å². The Morgan fingerprint density at radius 2 is 1.78 bits per heavy atom. The molecule has 4 nitrogen and oxygen atoms in total. The molecule has 1 rings (SSSR count). The first-order chi connectivity index (χ1) is 8.72. The van der Waals surface area contributed by atoms with Crippen LogP contribution in [0.15, 0.2) is 30.3 Å². The summed E-state index contributed by atoms with van der Waals surface area (Å²) in [6.45, 7) is 2.46. The van der Waals surface area contributed by atoms with E-state index in [1.807, 2.05) is 18.2 Å². The molecule has 0 heterocycles. The van der Waals surface area contributed by atoms with Gasteiger partial charge in [-0.15, -0.1) is 0 Å². The molecule has 2 N–H and O–H groups in total. The van der Waals surface area contributed by atoms with Crippen LogP contribution >= 0.6 is 0 Å². The number of rotatable bonds is 7. The highest BCUT2D eigenvalue weighted by molar-refractivity contribution is 5.84. The molecule has 0 atom stereocenters. The van der Waals surface area contributed by atoms with Crippen LogP contribution in [0.4, 0.5) is 0 Å². The van der Waals surface area contributed by atoms with Crippen molar-refractivity contribution in [1.29, 1.82) is 0 Å². The molecule has 0 radical (unpaired) electrons. The number of hydrogen-bond donors (Lipinski definition) is 2. The largest absolute Gasteiger partial charge is 0.355 e. The molecule has 0 aliphatic heterocycles. The summed E-state index contributed by atoms with van der Waals surface area (Å²) in [4.78, 5) is 22.3. The molecule has 0 aromatic heterocycles. The summed E-state index contributed by atoms with van der Waals surface area (Å²) in [5, 5.41) is 5.32. The van der Waals surface area contributed by atoms with Crippen LogP contribution in [0, 0.1) is 0 Å². The smallest absolute Gasteiger partial charge is 0.239 e. The Balaban J connectivity index is 2.07. The van der Waals surface area contributed by atoms with Gasteiger partial charge in [-0.05, 0) is 18.4 Å². The molecule has 2 amide bonds. The SMILES string of the molecule is CCC(=O)NCC(=O)NCCCc1ccccc1. The fourth-order valence-electron chi connectivity index (χ4n) is 1.53. The summed E-state index contributed by atoms with van der Waals surface area (Å²) in [5.74, 6) is -0.237. The van der Waals surface area contributed by atoms with Crippen LogP contribution in [0.1, 0.15) is 25.3 Å². The van der Waals surface area contributed by atoms with Gasteiger partial charge in [0.05, 0.1) is 6.54 Å². The fourth-order valence-corrected chi connectivity index (χ4v) is 1.53. The minimum absolute atomic E-state index is 0.0675. The van der Waals surface area contributed by atoms with Crippen molar-refractivity contribution in [3.63, 3.8) is 0 Å². The van der Waals surface area contributed by atoms with Gasteiger partial charge in [-0.3, -0.25) is 9.59 Å². The first-order valence-electron chi connectivity index (χ1n) is 6.29. The average molecular weight is 248 g/mol. The Kier molecular flexibility index (Phi) is 6.54. The molecule has 0 unspecified atom stereocenters. The van der Waals surface area contributed by atoms with Gasteiger partial charge in [0.25, 0.3) is 0 Å². The third kappa shape index (κ3) is 6.03. The topological polar surface area (TPSA) is 58.2 Å². The van der Waals surface area contributed by atoms with Crippen molar-refractivity contribution in [3.8, 4) is 0 Å². The van der Waals surface area contributed by atoms with E-state index in [-0.39, 0.29) is 18.4 Å². The monoisotopic (exact) mass is 248 g/mol. The third-order valence-corrected chi connectivity index (χ3v) is 2.57. The highest BCUT2D eigenvalue weighted by Gasteiger charge is 2.02. The van der Waals surface area contributed by atoms with Crippen molar-refractivity contribution < 1.29 is 9.59 Å². The van der Waals surface area contributed by atoms with Crippen molar-refractivity contribution in [2.75, 3.05) is 13.1 Å². The van der Waals surface area contributed by atoms with E-state index in [0.717, 1.165) is 12.8 Å². The molecule has 1 aromatic rings. The van der Waals surface area contributed by atoms with Crippen molar-refractivity contribution in [2.24, 2.45) is 0 Å². The number of carbonyl (C=O) groups excluding carboxylic acids is 2. The number of benzene rings is 1. The van der Waals surface area contributed by atoms with Gasteiger partial charge in [-0.1, -0.05) is 37.3 Å². The summed E-state index contributed by atoms with van der Waals surface area (Å²) >= 11 is 0. The molecule has 1 aromatic carbocycles. The Labute approximate surface area is 108 Å². The second kappa shape index (κ2) is 8.28. The summed E-state index contributed by atoms with van der Waals surface area (Å²) in [7, 11) is 0. The zero-order valence-electron chi connectivity index (χ0n) is 10.7. The van der Waals surface area contributed by atoms with E-state index in [9.17, 15) is 9.59 Å². The molecular weight excluding hydrogens is 228 g/mol. The molecule has 0 aliphatic carbocycles. The average Bonchev–Trinajstić information content (AvgIpc) is 2.42. The Bertz CT molecular complexity index is 377. The van der Waals surface area contributed by atoms with E-state index in [2.05, 4.69) is 22.8 Å². The lowest BCUT2D eigenvalue weighted by atomic mass is 10.1. The van der Waals surface area contributed by atoms with E-state index in [4.69, 9.17) is 0 Å². The van der Waals surface area contributed by atoms with Gasteiger partial charge in [0.1, 0.15) is 0 Å². The minimum atomic E-state index is -0.134. The molecule has 0 aliphatic rings. The van der Waals surface area contributed by atoms with Gasteiger partial charge in [-0.2, -0.15) is 0 Å². The quantitative estimate of drug-likeness (QED) is 0.714. The zero-order chi connectivity index (χ0) is 13.2. The van der Waals surface area contributed by atoms with Crippen LogP contribution in [0.25, 0.3) is 0 Å². The second-order valence-corrected chi connectivity index (χ2v) is 4.07. The molecule has 0 fully saturated rings. The van der Waals surface area contributed by atoms with Crippen molar-refractivity contribution in [2.45, 2.75) is 26.2 Å². The molecule has 0 saturated heterocycles. The van der Waals surface area contributed by atoms with Gasteiger partial charge < -0.3 is 10.6 Å². The molecular formula is C14H20N2O2. The number of hydrogen-bond acceptors (Lipinski definition) is 2. The molecule has 0 saturated carbocycles. The predicted molar refractivity (Wildman–Crippen MR) is 71.1 cm³/mol. The number of aryl methyl sites for hydroxylation is 1. The van der Waals surface area contributed by atoms with E-state index >= 15 is 0 Å². The lowest BCUT2D eigenvalue weighted by molar-refractivity contribution is -0.125. The molecule has 0 spiro atoms. The molecule has 4 heteroatoms. The Hall–Kier alpha value is -1.84. The van der Waals surface area contributed by atoms with Crippen LogP contribution in [0.5, 0.6) is 0 Å². The van der Waals surface area contributed by atoms with Gasteiger partial charge in [0.15, 0.2) is 0 Å². The molecule has 18 heavy (non-hydrogen) atoms. The number of carbonyl (C=O) groups is 2. The van der Waals surface area contributed by atoms with Crippen LogP contribution < -0.4 is 10.6 Å². The molecule has 0 bridgehead atoms. The van der Waals surface area contributed by atoms with E-state index < -0.39 is 0 Å². The summed E-state index contributed by atoms with van der Waals surface area (Å²) < 4.78 is 0. The maximum atomic E-state index is 11.3. The van der Waals surface area contributed by atoms with Gasteiger partial charge in [0.2, 0.25) is 11.8 Å². The maximum Gasteiger partial charge on any atom is 0.239 e. The third-order valence-electron chi connectivity index (χ3n) is 2.57. The van der Waals surface area contributed by atoms with Crippen molar-refractivity contribution >= 4 is 11.8 Å². The van der Waals surface area contributed by atoms with E-state index in [0.29, 0.717) is 13.0 Å². The molecule has 98 valence electrons. The van der Waals surface area contributed by atoms with Gasteiger partial charge in [-0.25, -0.2) is 0 Å². The Morgan fingerprint density at radius 1 is 1.06 bits per heavy atom. The summed E-state index contributed by atoms with van der Waals surface area (Å²) in [5.41, 5.74) is 1.27. The second-order valence-electron chi connectivity index (χ2n) is 4.07. The summed E-state index contributed by atoms with van der Waals surface area (Å²) in [6, 6.07) is 10.1. The number of nitrogens with one attached hydrogen (secondary N) is 2.